The van der Waals surface area contributed by atoms with Gasteiger partial charge in [0.15, 0.2) is 0 Å². The molecule has 0 saturated heterocycles. The van der Waals surface area contributed by atoms with Gasteiger partial charge in [0.2, 0.25) is 0 Å². The van der Waals surface area contributed by atoms with Crippen LogP contribution in [0.15, 0.2) is 0 Å². The van der Waals surface area contributed by atoms with E-state index in [0.717, 1.165) is 0 Å². The molecule has 0 heterocycles. The van der Waals surface area contributed by atoms with Crippen LogP contribution in [0, 0.1) is 0 Å². The van der Waals surface area contributed by atoms with Crippen LogP contribution in [0.1, 0.15) is 0 Å². The minimum Gasteiger partial charge on any atom is 0 e. The fraction of sp³-hybridized carbons (Fsp3) is 0. The molecule has 0 saturated carbocycles. The maximum absolute atomic E-state index is 0. The van der Waals surface area contributed by atoms with E-state index in [4.69, 9.17) is 0 Å². The van der Waals surface area contributed by atoms with E-state index in [-0.39, 0.29) is 71.8 Å². The minimum absolute atomic E-state index is 0. The van der Waals surface area contributed by atoms with Crippen LogP contribution in [-0.2, 0) is 0 Å². The van der Waals surface area contributed by atoms with Crippen LogP contribution in [0.3, 0.4) is 0 Å². The smallest absolute Gasteiger partial charge is 0 e. The van der Waals surface area contributed by atoms with Crippen LogP contribution in [0.5, 0.6) is 0 Å². The molecular formula is As4. The minimum atomic E-state index is 0. The van der Waals surface area contributed by atoms with Gasteiger partial charge in [0.1, 0.15) is 0 Å². The first-order chi connectivity index (χ1) is 0. The third kappa shape index (κ3) is 8.87. The molecule has 0 rings (SSSR count). The summed E-state index contributed by atoms with van der Waals surface area (Å²) in [7, 11) is 0. The maximum atomic E-state index is 0. The van der Waals surface area contributed by atoms with Crippen molar-refractivity contribution < 1.29 is 0 Å². The summed E-state index contributed by atoms with van der Waals surface area (Å²) < 4.78 is 0. The third-order valence-electron chi connectivity index (χ3n) is 0. The topological polar surface area (TPSA) is 0 Å². The summed E-state index contributed by atoms with van der Waals surface area (Å²) >= 11 is 0. The summed E-state index contributed by atoms with van der Waals surface area (Å²) in [5, 5.41) is 0. The van der Waals surface area contributed by atoms with Gasteiger partial charge >= 0.3 is 0 Å². The van der Waals surface area contributed by atoms with E-state index in [1.165, 1.54) is 0 Å². The summed E-state index contributed by atoms with van der Waals surface area (Å²) in [5.41, 5.74) is 0. The standard InChI is InChI=1S/4As. The van der Waals surface area contributed by atoms with Crippen LogP contribution >= 0.6 is 0 Å². The maximum Gasteiger partial charge on any atom is 0 e. The van der Waals surface area contributed by atoms with Crippen molar-refractivity contribution in [3.63, 3.8) is 0 Å². The predicted molar refractivity (Wildman–Crippen MR) is 23.0 cm³/mol. The Labute approximate surface area is 71.1 Å². The Morgan fingerprint density at radius 3 is 0.250 bits per heavy atom. The summed E-state index contributed by atoms with van der Waals surface area (Å²) in [6.07, 6.45) is 0. The Kier molecular flexibility index (Phi) is 161. The SMILES string of the molecule is [As].[As].[As].[As]. The van der Waals surface area contributed by atoms with Gasteiger partial charge in [-0.3, -0.25) is 0 Å². The van der Waals surface area contributed by atoms with Gasteiger partial charge in [0, 0.05) is 71.8 Å². The molecule has 0 aliphatic carbocycles. The Morgan fingerprint density at radius 2 is 0.250 bits per heavy atom. The number of hydrogen-bond donors (Lipinski definition) is 0. The molecule has 0 nitrogen and oxygen atoms in total. The molecule has 0 atom stereocenters. The Morgan fingerprint density at radius 1 is 0.250 bits per heavy atom. The summed E-state index contributed by atoms with van der Waals surface area (Å²) in [4.78, 5) is 0. The normalized spacial score (nSPS) is 0. The van der Waals surface area contributed by atoms with Crippen LogP contribution in [0.2, 0.25) is 0 Å². The second-order valence-electron chi connectivity index (χ2n) is 0. The van der Waals surface area contributed by atoms with E-state index in [1.54, 1.807) is 0 Å². The fourth-order valence-electron chi connectivity index (χ4n) is 0. The molecule has 0 N–H and O–H groups in total. The quantitative estimate of drug-likeness (QED) is 0.477. The zero-order valence-corrected chi connectivity index (χ0v) is 9.30. The van der Waals surface area contributed by atoms with E-state index in [2.05, 4.69) is 0 Å². The molecular weight excluding hydrogens is 300 g/mol. The van der Waals surface area contributed by atoms with Crippen molar-refractivity contribution in [1.29, 1.82) is 0 Å². The monoisotopic (exact) mass is 300 g/mol. The zero-order valence-electron chi connectivity index (χ0n) is 1.79. The third-order valence-corrected chi connectivity index (χ3v) is 0. The average molecular weight is 300 g/mol. The van der Waals surface area contributed by atoms with Crippen molar-refractivity contribution in [3.05, 3.63) is 0 Å². The van der Waals surface area contributed by atoms with Gasteiger partial charge in [0.05, 0.1) is 0 Å². The molecule has 0 spiro atoms. The second-order valence-corrected chi connectivity index (χ2v) is 0. The molecule has 0 aromatic heterocycles. The van der Waals surface area contributed by atoms with Gasteiger partial charge in [-0.2, -0.15) is 0 Å². The van der Waals surface area contributed by atoms with Crippen LogP contribution < -0.4 is 0 Å². The molecule has 12 radical (unpaired) electrons. The van der Waals surface area contributed by atoms with Gasteiger partial charge in [0.25, 0.3) is 0 Å². The Bertz CT molecular complexity index is 0. The van der Waals surface area contributed by atoms with Crippen molar-refractivity contribution in [1.82, 2.24) is 0 Å². The summed E-state index contributed by atoms with van der Waals surface area (Å²) in [5.74, 6) is 0. The van der Waals surface area contributed by atoms with Gasteiger partial charge in [-0.15, -0.1) is 0 Å². The largest absolute Gasteiger partial charge is 0 e. The van der Waals surface area contributed by atoms with Crippen LogP contribution in [0.25, 0.3) is 0 Å². The molecule has 0 amide bonds. The van der Waals surface area contributed by atoms with E-state index in [0.29, 0.717) is 0 Å². The molecule has 0 aromatic rings. The van der Waals surface area contributed by atoms with Crippen molar-refractivity contribution >= 4 is 71.8 Å². The van der Waals surface area contributed by atoms with E-state index < -0.39 is 0 Å². The van der Waals surface area contributed by atoms with Crippen molar-refractivity contribution in [2.45, 2.75) is 0 Å². The van der Waals surface area contributed by atoms with E-state index >= 15 is 0 Å². The number of hydrogen-bond acceptors (Lipinski definition) is 0. The first kappa shape index (κ1) is 34.2. The summed E-state index contributed by atoms with van der Waals surface area (Å²) in [6, 6.07) is 0. The molecule has 0 aromatic carbocycles. The molecule has 4 heavy (non-hydrogen) atoms. The van der Waals surface area contributed by atoms with Crippen molar-refractivity contribution in [3.8, 4) is 0 Å². The zero-order chi connectivity index (χ0) is 0. The Hall–Kier alpha value is 2.23. The van der Waals surface area contributed by atoms with Gasteiger partial charge in [-0.1, -0.05) is 0 Å². The predicted octanol–water partition coefficient (Wildman–Crippen LogP) is -1.52. The van der Waals surface area contributed by atoms with Gasteiger partial charge in [-0.05, 0) is 0 Å². The van der Waals surface area contributed by atoms with Crippen molar-refractivity contribution in [2.75, 3.05) is 0 Å². The molecule has 0 aliphatic rings. The number of rotatable bonds is 0. The molecule has 0 aliphatic heterocycles. The van der Waals surface area contributed by atoms with Gasteiger partial charge < -0.3 is 0 Å². The summed E-state index contributed by atoms with van der Waals surface area (Å²) in [6.45, 7) is 0. The van der Waals surface area contributed by atoms with E-state index in [9.17, 15) is 0 Å². The fourth-order valence-corrected chi connectivity index (χ4v) is 0. The first-order valence-corrected chi connectivity index (χ1v) is 0. The van der Waals surface area contributed by atoms with Crippen LogP contribution in [0.4, 0.5) is 0 Å². The second kappa shape index (κ2) is 18.8. The molecule has 20 valence electrons. The average Bonchev–Trinajstić information content (AvgIpc) is 0. The molecule has 0 unspecified atom stereocenters. The van der Waals surface area contributed by atoms with E-state index in [1.807, 2.05) is 0 Å². The first-order valence-electron chi connectivity index (χ1n) is 0. The van der Waals surface area contributed by atoms with Gasteiger partial charge in [-0.25, -0.2) is 0 Å². The molecule has 0 bridgehead atoms. The Balaban J connectivity index is 0. The molecule has 0 fully saturated rings. The molecule has 4 heteroatoms. The van der Waals surface area contributed by atoms with Crippen molar-refractivity contribution in [2.24, 2.45) is 0 Å². The van der Waals surface area contributed by atoms with Crippen LogP contribution in [-0.4, -0.2) is 71.8 Å².